The van der Waals surface area contributed by atoms with Crippen LogP contribution in [-0.2, 0) is 4.79 Å². The van der Waals surface area contributed by atoms with Gasteiger partial charge >= 0.3 is 0 Å². The predicted octanol–water partition coefficient (Wildman–Crippen LogP) is 5.86. The van der Waals surface area contributed by atoms with Gasteiger partial charge in [-0.2, -0.15) is 5.10 Å². The number of nitrogens with one attached hydrogen (secondary N) is 1. The summed E-state index contributed by atoms with van der Waals surface area (Å²) < 4.78 is 1.94. The van der Waals surface area contributed by atoms with Crippen molar-refractivity contribution >= 4 is 47.2 Å². The van der Waals surface area contributed by atoms with Crippen molar-refractivity contribution in [2.75, 3.05) is 12.0 Å². The Morgan fingerprint density at radius 2 is 1.74 bits per heavy atom. The molecule has 6 nitrogen and oxygen atoms in total. The van der Waals surface area contributed by atoms with E-state index in [1.807, 2.05) is 90.5 Å². The molecule has 4 aromatic rings. The first kappa shape index (κ1) is 24.1. The molecule has 0 saturated carbocycles. The van der Waals surface area contributed by atoms with Gasteiger partial charge in [-0.3, -0.25) is 9.36 Å². The molecule has 9 heteroatoms. The zero-order chi connectivity index (χ0) is 23.9. The molecule has 1 N–H and O–H groups in total. The first-order chi connectivity index (χ1) is 16.5. The molecule has 0 atom stereocenters. The van der Waals surface area contributed by atoms with Crippen molar-refractivity contribution in [3.05, 3.63) is 88.9 Å². The number of carbonyl (C=O) groups excluding carboxylic acids is 1. The maximum Gasteiger partial charge on any atom is 0.250 e. The van der Waals surface area contributed by atoms with Crippen molar-refractivity contribution in [1.82, 2.24) is 20.2 Å². The van der Waals surface area contributed by atoms with Crippen molar-refractivity contribution in [3.63, 3.8) is 0 Å². The second-order valence-corrected chi connectivity index (χ2v) is 9.60. The molecule has 34 heavy (non-hydrogen) atoms. The first-order valence-electron chi connectivity index (χ1n) is 10.4. The van der Waals surface area contributed by atoms with Crippen LogP contribution in [0.15, 0.2) is 87.9 Å². The van der Waals surface area contributed by atoms with Crippen LogP contribution < -0.4 is 5.43 Å². The molecule has 0 spiro atoms. The fourth-order valence-electron chi connectivity index (χ4n) is 3.11. The van der Waals surface area contributed by atoms with Gasteiger partial charge in [-0.15, -0.1) is 22.0 Å². The second-order valence-electron chi connectivity index (χ2n) is 7.34. The number of amides is 1. The van der Waals surface area contributed by atoms with Crippen LogP contribution >= 0.6 is 35.1 Å². The van der Waals surface area contributed by atoms with Gasteiger partial charge in [-0.1, -0.05) is 53.2 Å². The van der Waals surface area contributed by atoms with E-state index in [1.54, 1.807) is 18.0 Å². The lowest BCUT2D eigenvalue weighted by Gasteiger charge is -2.10. The van der Waals surface area contributed by atoms with E-state index in [-0.39, 0.29) is 11.7 Å². The van der Waals surface area contributed by atoms with Gasteiger partial charge in [0.25, 0.3) is 5.91 Å². The molecule has 0 unspecified atom stereocenters. The SMILES string of the molecule is CSc1ccc(/C=N/NC(=O)CSc2nnc(-c3ccc(Cl)cc3)n2-c2ccc(C)cc2)cc1. The van der Waals surface area contributed by atoms with Crippen molar-refractivity contribution < 1.29 is 4.79 Å². The number of halogens is 1. The summed E-state index contributed by atoms with van der Waals surface area (Å²) >= 11 is 9.03. The number of hydrogen-bond donors (Lipinski definition) is 1. The number of benzene rings is 3. The third-order valence-corrected chi connectivity index (χ3v) is 6.80. The Labute approximate surface area is 211 Å². The van der Waals surface area contributed by atoms with Gasteiger partial charge in [0.05, 0.1) is 12.0 Å². The number of hydrazone groups is 1. The summed E-state index contributed by atoms with van der Waals surface area (Å²) in [5.41, 5.74) is 6.43. The predicted molar refractivity (Wildman–Crippen MR) is 141 cm³/mol. The van der Waals surface area contributed by atoms with E-state index in [0.29, 0.717) is 16.0 Å². The average molecular weight is 508 g/mol. The summed E-state index contributed by atoms with van der Waals surface area (Å²) in [6.07, 6.45) is 3.65. The van der Waals surface area contributed by atoms with E-state index in [9.17, 15) is 4.79 Å². The van der Waals surface area contributed by atoms with E-state index in [2.05, 4.69) is 20.7 Å². The van der Waals surface area contributed by atoms with Crippen molar-refractivity contribution in [2.24, 2.45) is 5.10 Å². The van der Waals surface area contributed by atoms with Crippen LogP contribution in [-0.4, -0.2) is 38.9 Å². The van der Waals surface area contributed by atoms with Gasteiger partial charge in [0.15, 0.2) is 11.0 Å². The number of aryl methyl sites for hydroxylation is 1. The fraction of sp³-hybridized carbons (Fsp3) is 0.120. The minimum atomic E-state index is -0.228. The number of aromatic nitrogens is 3. The summed E-state index contributed by atoms with van der Waals surface area (Å²) in [5.74, 6) is 0.594. The van der Waals surface area contributed by atoms with Crippen LogP contribution in [0.2, 0.25) is 5.02 Å². The molecule has 0 saturated heterocycles. The monoisotopic (exact) mass is 507 g/mol. The highest BCUT2D eigenvalue weighted by atomic mass is 35.5. The first-order valence-corrected chi connectivity index (χ1v) is 13.0. The zero-order valence-corrected chi connectivity index (χ0v) is 21.0. The molecule has 3 aromatic carbocycles. The van der Waals surface area contributed by atoms with Gasteiger partial charge in [-0.25, -0.2) is 5.43 Å². The highest BCUT2D eigenvalue weighted by Crippen LogP contribution is 2.28. The zero-order valence-electron chi connectivity index (χ0n) is 18.6. The quantitative estimate of drug-likeness (QED) is 0.184. The maximum atomic E-state index is 12.4. The third kappa shape index (κ3) is 6.08. The van der Waals surface area contributed by atoms with Gasteiger partial charge < -0.3 is 0 Å². The molecule has 1 amide bonds. The maximum absolute atomic E-state index is 12.4. The summed E-state index contributed by atoms with van der Waals surface area (Å²) in [7, 11) is 0. The van der Waals surface area contributed by atoms with Crippen LogP contribution in [0, 0.1) is 6.92 Å². The lowest BCUT2D eigenvalue weighted by molar-refractivity contribution is -0.118. The minimum Gasteiger partial charge on any atom is -0.272 e. The minimum absolute atomic E-state index is 0.146. The molecular weight excluding hydrogens is 486 g/mol. The molecule has 0 fully saturated rings. The lowest BCUT2D eigenvalue weighted by Crippen LogP contribution is -2.20. The van der Waals surface area contributed by atoms with E-state index >= 15 is 0 Å². The van der Waals surface area contributed by atoms with Gasteiger partial charge in [0.2, 0.25) is 0 Å². The average Bonchev–Trinajstić information content (AvgIpc) is 3.28. The molecule has 1 heterocycles. The molecule has 172 valence electrons. The molecule has 4 rings (SSSR count). The number of nitrogens with zero attached hydrogens (tertiary/aromatic N) is 4. The Kier molecular flexibility index (Phi) is 8.05. The lowest BCUT2D eigenvalue weighted by atomic mass is 10.2. The number of hydrogen-bond acceptors (Lipinski definition) is 6. The Morgan fingerprint density at radius 1 is 1.03 bits per heavy atom. The van der Waals surface area contributed by atoms with Gasteiger partial charge in [-0.05, 0) is 67.3 Å². The molecule has 1 aromatic heterocycles. The van der Waals surface area contributed by atoms with Crippen molar-refractivity contribution in [2.45, 2.75) is 17.0 Å². The van der Waals surface area contributed by atoms with Gasteiger partial charge in [0.1, 0.15) is 0 Å². The van der Waals surface area contributed by atoms with E-state index < -0.39 is 0 Å². The molecule has 0 aliphatic rings. The summed E-state index contributed by atoms with van der Waals surface area (Å²) in [6, 6.07) is 23.5. The molecular formula is C25H22ClN5OS2. The molecule has 0 bridgehead atoms. The smallest absolute Gasteiger partial charge is 0.250 e. The summed E-state index contributed by atoms with van der Waals surface area (Å²) in [5, 5.41) is 14.1. The fourth-order valence-corrected chi connectivity index (χ4v) is 4.39. The third-order valence-electron chi connectivity index (χ3n) is 4.88. The summed E-state index contributed by atoms with van der Waals surface area (Å²) in [6.45, 7) is 2.04. The van der Waals surface area contributed by atoms with E-state index in [1.165, 1.54) is 16.7 Å². The number of carbonyl (C=O) groups is 1. The largest absolute Gasteiger partial charge is 0.272 e. The number of thioether (sulfide) groups is 2. The highest BCUT2D eigenvalue weighted by molar-refractivity contribution is 7.99. The molecule has 0 aliphatic carbocycles. The van der Waals surface area contributed by atoms with Crippen LogP contribution in [0.4, 0.5) is 0 Å². The Hall–Kier alpha value is -3.07. The molecule has 0 radical (unpaired) electrons. The Balaban J connectivity index is 1.48. The second kappa shape index (κ2) is 11.4. The standard InChI is InChI=1S/C25H22ClN5OS2/c1-17-3-11-21(12-4-17)31-24(19-7-9-20(26)10-8-19)29-30-25(31)34-16-23(32)28-27-15-18-5-13-22(33-2)14-6-18/h3-15H,16H2,1-2H3,(H,28,32)/b27-15+. The Morgan fingerprint density at radius 3 is 2.41 bits per heavy atom. The summed E-state index contributed by atoms with van der Waals surface area (Å²) in [4.78, 5) is 13.6. The Bertz CT molecular complexity index is 1290. The van der Waals surface area contributed by atoms with E-state index in [0.717, 1.165) is 22.4 Å². The van der Waals surface area contributed by atoms with Gasteiger partial charge in [0, 0.05) is 21.2 Å². The van der Waals surface area contributed by atoms with Crippen LogP contribution in [0.1, 0.15) is 11.1 Å². The molecule has 0 aliphatic heterocycles. The van der Waals surface area contributed by atoms with Crippen molar-refractivity contribution in [3.8, 4) is 17.1 Å². The van der Waals surface area contributed by atoms with E-state index in [4.69, 9.17) is 11.6 Å². The van der Waals surface area contributed by atoms with Crippen LogP contribution in [0.25, 0.3) is 17.1 Å². The normalized spacial score (nSPS) is 11.1. The van der Waals surface area contributed by atoms with Crippen LogP contribution in [0.3, 0.4) is 0 Å². The highest BCUT2D eigenvalue weighted by Gasteiger charge is 2.17. The topological polar surface area (TPSA) is 72.2 Å². The van der Waals surface area contributed by atoms with Crippen LogP contribution in [0.5, 0.6) is 0 Å². The number of rotatable bonds is 8. The van der Waals surface area contributed by atoms with Crippen molar-refractivity contribution in [1.29, 1.82) is 0 Å².